The number of anilines is 1. The highest BCUT2D eigenvalue weighted by Gasteiger charge is 2.24. The van der Waals surface area contributed by atoms with Gasteiger partial charge in [0.05, 0.1) is 5.69 Å². The highest BCUT2D eigenvalue weighted by atomic mass is 19.3. The van der Waals surface area contributed by atoms with E-state index in [0.717, 1.165) is 5.69 Å². The van der Waals surface area contributed by atoms with Crippen LogP contribution in [0, 0.1) is 13.8 Å². The van der Waals surface area contributed by atoms with E-state index in [1.54, 1.807) is 19.9 Å². The lowest BCUT2D eigenvalue weighted by Gasteiger charge is -2.15. The quantitative estimate of drug-likeness (QED) is 0.628. The third-order valence-corrected chi connectivity index (χ3v) is 3.81. The maximum atomic E-state index is 12.5. The lowest BCUT2D eigenvalue weighted by molar-refractivity contribution is -0.123. The SMILES string of the molecule is Cc1cc(C)n2nc(C(=O)O[C@H](C)C(=O)Nc3ccccc3OC(F)F)nc2n1. The van der Waals surface area contributed by atoms with E-state index < -0.39 is 24.6 Å². The van der Waals surface area contributed by atoms with Crippen LogP contribution in [0.1, 0.15) is 28.9 Å². The molecule has 0 radical (unpaired) electrons. The molecule has 0 unspecified atom stereocenters. The Morgan fingerprint density at radius 2 is 1.90 bits per heavy atom. The number of alkyl halides is 2. The molecule has 1 aromatic carbocycles. The number of hydrogen-bond acceptors (Lipinski definition) is 7. The number of esters is 1. The number of amides is 1. The van der Waals surface area contributed by atoms with E-state index in [1.165, 1.54) is 35.7 Å². The Morgan fingerprint density at radius 3 is 2.62 bits per heavy atom. The van der Waals surface area contributed by atoms with Crippen LogP contribution in [0.25, 0.3) is 5.78 Å². The van der Waals surface area contributed by atoms with Crippen LogP contribution in [0.15, 0.2) is 30.3 Å². The Balaban J connectivity index is 1.70. The average Bonchev–Trinajstić information content (AvgIpc) is 3.07. The lowest BCUT2D eigenvalue weighted by Crippen LogP contribution is -2.30. The minimum absolute atomic E-state index is 0.0156. The molecule has 2 aromatic heterocycles. The summed E-state index contributed by atoms with van der Waals surface area (Å²) in [7, 11) is 0. The molecule has 0 aliphatic carbocycles. The van der Waals surface area contributed by atoms with Gasteiger partial charge in [-0.1, -0.05) is 12.1 Å². The maximum Gasteiger partial charge on any atom is 0.387 e. The van der Waals surface area contributed by atoms with Crippen molar-refractivity contribution in [3.8, 4) is 5.75 Å². The Labute approximate surface area is 163 Å². The molecule has 29 heavy (non-hydrogen) atoms. The fourth-order valence-corrected chi connectivity index (χ4v) is 2.52. The molecule has 11 heteroatoms. The van der Waals surface area contributed by atoms with Crippen molar-refractivity contribution in [2.75, 3.05) is 5.32 Å². The molecular formula is C18H17F2N5O4. The number of ether oxygens (including phenoxy) is 2. The van der Waals surface area contributed by atoms with Gasteiger partial charge in [-0.15, -0.1) is 5.10 Å². The van der Waals surface area contributed by atoms with E-state index in [1.807, 2.05) is 0 Å². The number of carbonyl (C=O) groups is 2. The third kappa shape index (κ3) is 4.62. The molecule has 0 bridgehead atoms. The van der Waals surface area contributed by atoms with E-state index in [4.69, 9.17) is 4.74 Å². The van der Waals surface area contributed by atoms with Crippen molar-refractivity contribution in [3.05, 3.63) is 47.5 Å². The number of rotatable bonds is 6. The first-order valence-electron chi connectivity index (χ1n) is 8.51. The van der Waals surface area contributed by atoms with Gasteiger partial charge in [0, 0.05) is 11.4 Å². The van der Waals surface area contributed by atoms with Crippen molar-refractivity contribution in [2.45, 2.75) is 33.5 Å². The van der Waals surface area contributed by atoms with Crippen molar-refractivity contribution in [2.24, 2.45) is 0 Å². The molecule has 1 N–H and O–H groups in total. The molecule has 152 valence electrons. The number of aryl methyl sites for hydroxylation is 2. The largest absolute Gasteiger partial charge is 0.447 e. The van der Waals surface area contributed by atoms with Crippen molar-refractivity contribution in [1.29, 1.82) is 0 Å². The van der Waals surface area contributed by atoms with Gasteiger partial charge in [0.15, 0.2) is 6.10 Å². The Morgan fingerprint density at radius 1 is 1.17 bits per heavy atom. The Bertz CT molecular complexity index is 1070. The molecule has 0 aliphatic rings. The van der Waals surface area contributed by atoms with Crippen molar-refractivity contribution >= 4 is 23.3 Å². The number of benzene rings is 1. The van der Waals surface area contributed by atoms with Gasteiger partial charge in [-0.05, 0) is 39.0 Å². The van der Waals surface area contributed by atoms with Crippen LogP contribution in [0.5, 0.6) is 5.75 Å². The zero-order chi connectivity index (χ0) is 21.1. The predicted octanol–water partition coefficient (Wildman–Crippen LogP) is 2.53. The van der Waals surface area contributed by atoms with Crippen LogP contribution < -0.4 is 10.1 Å². The summed E-state index contributed by atoms with van der Waals surface area (Å²) in [4.78, 5) is 32.8. The second-order valence-corrected chi connectivity index (χ2v) is 6.10. The normalized spacial score (nSPS) is 12.1. The third-order valence-electron chi connectivity index (χ3n) is 3.81. The van der Waals surface area contributed by atoms with Gasteiger partial charge in [-0.2, -0.15) is 13.8 Å². The monoisotopic (exact) mass is 405 g/mol. The molecule has 0 fully saturated rings. The molecule has 3 rings (SSSR count). The van der Waals surface area contributed by atoms with Crippen LogP contribution in [0.3, 0.4) is 0 Å². The summed E-state index contributed by atoms with van der Waals surface area (Å²) in [5.41, 5.74) is 1.45. The topological polar surface area (TPSA) is 108 Å². The summed E-state index contributed by atoms with van der Waals surface area (Å²) >= 11 is 0. The molecule has 0 saturated heterocycles. The van der Waals surface area contributed by atoms with Crippen molar-refractivity contribution < 1.29 is 27.8 Å². The van der Waals surface area contributed by atoms with Crippen LogP contribution >= 0.6 is 0 Å². The summed E-state index contributed by atoms with van der Waals surface area (Å²) in [6.07, 6.45) is -1.25. The van der Waals surface area contributed by atoms with Crippen molar-refractivity contribution in [3.63, 3.8) is 0 Å². The van der Waals surface area contributed by atoms with Crippen LogP contribution in [0.2, 0.25) is 0 Å². The van der Waals surface area contributed by atoms with Crippen LogP contribution in [0.4, 0.5) is 14.5 Å². The number of hydrogen-bond donors (Lipinski definition) is 1. The molecule has 0 spiro atoms. The first-order chi connectivity index (χ1) is 13.7. The highest BCUT2D eigenvalue weighted by molar-refractivity contribution is 5.97. The summed E-state index contributed by atoms with van der Waals surface area (Å²) < 4.78 is 35.8. The van der Waals surface area contributed by atoms with E-state index >= 15 is 0 Å². The number of nitrogens with one attached hydrogen (secondary N) is 1. The predicted molar refractivity (Wildman–Crippen MR) is 96.8 cm³/mol. The van der Waals surface area contributed by atoms with Crippen LogP contribution in [-0.4, -0.2) is 44.2 Å². The molecule has 9 nitrogen and oxygen atoms in total. The van der Waals surface area contributed by atoms with E-state index in [2.05, 4.69) is 25.1 Å². The Hall–Kier alpha value is -3.63. The van der Waals surface area contributed by atoms with Gasteiger partial charge < -0.3 is 14.8 Å². The fraction of sp³-hybridized carbons (Fsp3) is 0.278. The smallest absolute Gasteiger partial charge is 0.387 e. The lowest BCUT2D eigenvalue weighted by atomic mass is 10.2. The summed E-state index contributed by atoms with van der Waals surface area (Å²) in [6.45, 7) is 1.83. The Kier molecular flexibility index (Phi) is 5.66. The van der Waals surface area contributed by atoms with E-state index in [-0.39, 0.29) is 23.0 Å². The van der Waals surface area contributed by atoms with Gasteiger partial charge >= 0.3 is 12.6 Å². The molecule has 2 heterocycles. The second-order valence-electron chi connectivity index (χ2n) is 6.10. The maximum absolute atomic E-state index is 12.5. The van der Waals surface area contributed by atoms with Gasteiger partial charge in [-0.3, -0.25) is 4.79 Å². The van der Waals surface area contributed by atoms with Gasteiger partial charge in [0.1, 0.15) is 5.75 Å². The van der Waals surface area contributed by atoms with Gasteiger partial charge in [-0.25, -0.2) is 14.3 Å². The summed E-state index contributed by atoms with van der Waals surface area (Å²) in [6, 6.07) is 7.43. The highest BCUT2D eigenvalue weighted by Crippen LogP contribution is 2.25. The molecule has 3 aromatic rings. The summed E-state index contributed by atoms with van der Waals surface area (Å²) in [5, 5.41) is 6.41. The number of nitrogens with zero attached hydrogens (tertiary/aromatic N) is 4. The van der Waals surface area contributed by atoms with Crippen LogP contribution in [-0.2, 0) is 9.53 Å². The minimum atomic E-state index is -3.05. The van der Waals surface area contributed by atoms with E-state index in [9.17, 15) is 18.4 Å². The number of aromatic nitrogens is 4. The number of fused-ring (bicyclic) bond motifs is 1. The molecule has 1 amide bonds. The molecule has 0 saturated carbocycles. The zero-order valence-electron chi connectivity index (χ0n) is 15.7. The zero-order valence-corrected chi connectivity index (χ0v) is 15.7. The molecular weight excluding hydrogens is 388 g/mol. The fourth-order valence-electron chi connectivity index (χ4n) is 2.52. The molecule has 1 atom stereocenters. The number of para-hydroxylation sites is 2. The standard InChI is InChI=1S/C18H17F2N5O4/c1-9-8-10(2)25-18(21-9)23-14(24-25)16(27)28-11(3)15(26)22-12-6-4-5-7-13(12)29-17(19)20/h4-8,11,17H,1-3H3,(H,22,26)/t11-/m1/s1. The van der Waals surface area contributed by atoms with Gasteiger partial charge in [0.2, 0.25) is 0 Å². The van der Waals surface area contributed by atoms with Gasteiger partial charge in [0.25, 0.3) is 17.5 Å². The first-order valence-corrected chi connectivity index (χ1v) is 8.51. The summed E-state index contributed by atoms with van der Waals surface area (Å²) in [5.74, 6) is -1.91. The minimum Gasteiger partial charge on any atom is -0.447 e. The second kappa shape index (κ2) is 8.17. The molecule has 0 aliphatic heterocycles. The van der Waals surface area contributed by atoms with E-state index in [0.29, 0.717) is 5.69 Å². The number of carbonyl (C=O) groups excluding carboxylic acids is 2. The number of halogens is 2. The van der Waals surface area contributed by atoms with Crippen molar-refractivity contribution in [1.82, 2.24) is 19.6 Å². The average molecular weight is 405 g/mol. The first kappa shape index (κ1) is 20.1.